The van der Waals surface area contributed by atoms with Gasteiger partial charge < -0.3 is 19.4 Å². The molecule has 0 radical (unpaired) electrons. The standard InChI is InChI=1S/C24H39N3O5S/c1-5-25(20(2)18-21-8-10-22(11-9-21)33(4,30)31)13-6-7-14-26-16-17-27(15-12-23(26)28)24(29)19-32-3/h8-11,20H,5-7,12-19H2,1-4H3. The number of benzene rings is 1. The Morgan fingerprint density at radius 1 is 1.15 bits per heavy atom. The molecule has 1 saturated heterocycles. The molecule has 1 aromatic carbocycles. The number of likely N-dealkylation sites (N-methyl/N-ethyl adjacent to an activating group) is 1. The molecular weight excluding hydrogens is 442 g/mol. The van der Waals surface area contributed by atoms with E-state index in [0.717, 1.165) is 37.9 Å². The molecule has 1 atom stereocenters. The van der Waals surface area contributed by atoms with Crippen molar-refractivity contribution in [2.75, 3.05) is 59.2 Å². The SMILES string of the molecule is CCN(CCCCN1CCN(C(=O)COC)CCC1=O)C(C)Cc1ccc(S(C)(=O)=O)cc1. The molecule has 0 aliphatic carbocycles. The highest BCUT2D eigenvalue weighted by atomic mass is 32.2. The minimum atomic E-state index is -3.17. The molecule has 0 saturated carbocycles. The van der Waals surface area contributed by atoms with E-state index in [9.17, 15) is 18.0 Å². The van der Waals surface area contributed by atoms with Crippen LogP contribution in [0.3, 0.4) is 0 Å². The van der Waals surface area contributed by atoms with Gasteiger partial charge in [-0.25, -0.2) is 8.42 Å². The first-order chi connectivity index (χ1) is 15.7. The first-order valence-corrected chi connectivity index (χ1v) is 13.6. The van der Waals surface area contributed by atoms with Crippen molar-refractivity contribution in [2.24, 2.45) is 0 Å². The third kappa shape index (κ3) is 8.72. The maximum Gasteiger partial charge on any atom is 0.248 e. The number of carbonyl (C=O) groups excluding carboxylic acids is 2. The molecule has 1 unspecified atom stereocenters. The van der Waals surface area contributed by atoms with Crippen LogP contribution in [0, 0.1) is 0 Å². The molecule has 1 aliphatic rings. The van der Waals surface area contributed by atoms with Crippen molar-refractivity contribution in [2.45, 2.75) is 50.5 Å². The number of ether oxygens (including phenoxy) is 1. The number of nitrogens with zero attached hydrogens (tertiary/aromatic N) is 3. The van der Waals surface area contributed by atoms with Crippen molar-refractivity contribution < 1.29 is 22.7 Å². The number of methoxy groups -OCH3 is 1. The maximum absolute atomic E-state index is 12.4. The Kier molecular flexibility index (Phi) is 10.8. The van der Waals surface area contributed by atoms with E-state index < -0.39 is 9.84 Å². The molecule has 1 fully saturated rings. The predicted molar refractivity (Wildman–Crippen MR) is 129 cm³/mol. The topological polar surface area (TPSA) is 87.2 Å². The lowest BCUT2D eigenvalue weighted by molar-refractivity contribution is -0.135. The Morgan fingerprint density at radius 3 is 2.45 bits per heavy atom. The maximum atomic E-state index is 12.4. The van der Waals surface area contributed by atoms with E-state index in [1.807, 2.05) is 17.0 Å². The van der Waals surface area contributed by atoms with Crippen LogP contribution in [-0.2, 0) is 30.6 Å². The summed E-state index contributed by atoms with van der Waals surface area (Å²) in [5.41, 5.74) is 1.12. The Hall–Kier alpha value is -1.97. The third-order valence-corrected chi connectivity index (χ3v) is 7.37. The zero-order valence-electron chi connectivity index (χ0n) is 20.5. The summed E-state index contributed by atoms with van der Waals surface area (Å²) in [5, 5.41) is 0. The summed E-state index contributed by atoms with van der Waals surface area (Å²) in [6.07, 6.45) is 4.35. The summed E-state index contributed by atoms with van der Waals surface area (Å²) < 4.78 is 28.2. The molecule has 1 aliphatic heterocycles. The van der Waals surface area contributed by atoms with Gasteiger partial charge in [0.1, 0.15) is 6.61 Å². The van der Waals surface area contributed by atoms with Crippen LogP contribution in [0.15, 0.2) is 29.2 Å². The first-order valence-electron chi connectivity index (χ1n) is 11.7. The molecule has 33 heavy (non-hydrogen) atoms. The van der Waals surface area contributed by atoms with Crippen molar-refractivity contribution in [3.8, 4) is 0 Å². The van der Waals surface area contributed by atoms with Crippen molar-refractivity contribution in [1.82, 2.24) is 14.7 Å². The van der Waals surface area contributed by atoms with Crippen molar-refractivity contribution >= 4 is 21.7 Å². The molecule has 0 aromatic heterocycles. The molecule has 1 aromatic rings. The van der Waals surface area contributed by atoms with Gasteiger partial charge in [-0.15, -0.1) is 0 Å². The fourth-order valence-corrected chi connectivity index (χ4v) is 4.85. The van der Waals surface area contributed by atoms with Crippen molar-refractivity contribution in [3.05, 3.63) is 29.8 Å². The first kappa shape index (κ1) is 27.3. The smallest absolute Gasteiger partial charge is 0.248 e. The second-order valence-electron chi connectivity index (χ2n) is 8.75. The van der Waals surface area contributed by atoms with E-state index in [1.54, 1.807) is 17.0 Å². The van der Waals surface area contributed by atoms with Gasteiger partial charge in [-0.1, -0.05) is 19.1 Å². The van der Waals surface area contributed by atoms with Crippen LogP contribution >= 0.6 is 0 Å². The second-order valence-corrected chi connectivity index (χ2v) is 10.8. The summed E-state index contributed by atoms with van der Waals surface area (Å²) in [6.45, 7) is 8.58. The zero-order valence-corrected chi connectivity index (χ0v) is 21.3. The number of carbonyl (C=O) groups is 2. The number of hydrogen-bond donors (Lipinski definition) is 0. The van der Waals surface area contributed by atoms with E-state index in [1.165, 1.54) is 13.4 Å². The molecule has 8 nitrogen and oxygen atoms in total. The van der Waals surface area contributed by atoms with Gasteiger partial charge in [-0.2, -0.15) is 0 Å². The highest BCUT2D eigenvalue weighted by molar-refractivity contribution is 7.90. The summed E-state index contributed by atoms with van der Waals surface area (Å²) >= 11 is 0. The van der Waals surface area contributed by atoms with Crippen LogP contribution in [0.5, 0.6) is 0 Å². The van der Waals surface area contributed by atoms with Gasteiger partial charge in [0.15, 0.2) is 9.84 Å². The molecule has 0 spiro atoms. The Morgan fingerprint density at radius 2 is 1.85 bits per heavy atom. The average Bonchev–Trinajstić information content (AvgIpc) is 2.95. The summed E-state index contributed by atoms with van der Waals surface area (Å²) in [5.74, 6) is 0.0478. The number of unbranched alkanes of at least 4 members (excludes halogenated alkanes) is 1. The highest BCUT2D eigenvalue weighted by Crippen LogP contribution is 2.15. The van der Waals surface area contributed by atoms with Crippen molar-refractivity contribution in [1.29, 1.82) is 0 Å². The lowest BCUT2D eigenvalue weighted by Gasteiger charge is -2.28. The van der Waals surface area contributed by atoms with Gasteiger partial charge in [0.2, 0.25) is 11.8 Å². The molecule has 2 amide bonds. The van der Waals surface area contributed by atoms with Crippen LogP contribution in [0.4, 0.5) is 0 Å². The largest absolute Gasteiger partial charge is 0.375 e. The number of amides is 2. The third-order valence-electron chi connectivity index (χ3n) is 6.24. The quantitative estimate of drug-likeness (QED) is 0.424. The monoisotopic (exact) mass is 481 g/mol. The molecular formula is C24H39N3O5S. The second kappa shape index (κ2) is 13.1. The fraction of sp³-hybridized carbons (Fsp3) is 0.667. The molecule has 186 valence electrons. The van der Waals surface area contributed by atoms with Gasteiger partial charge in [0.05, 0.1) is 4.90 Å². The Labute approximate surface area is 198 Å². The molecule has 1 heterocycles. The summed E-state index contributed by atoms with van der Waals surface area (Å²) in [4.78, 5) is 30.8. The Bertz CT molecular complexity index is 873. The van der Waals surface area contributed by atoms with Crippen molar-refractivity contribution in [3.63, 3.8) is 0 Å². The molecule has 0 N–H and O–H groups in total. The van der Waals surface area contributed by atoms with Crippen LogP contribution < -0.4 is 0 Å². The van der Waals surface area contributed by atoms with E-state index in [4.69, 9.17) is 4.74 Å². The van der Waals surface area contributed by atoms with E-state index in [2.05, 4.69) is 18.7 Å². The predicted octanol–water partition coefficient (Wildman–Crippen LogP) is 1.83. The lowest BCUT2D eigenvalue weighted by Crippen LogP contribution is -2.38. The molecule has 0 bridgehead atoms. The van der Waals surface area contributed by atoms with Gasteiger partial charge in [-0.05, 0) is 57.0 Å². The number of sulfone groups is 1. The van der Waals surface area contributed by atoms with E-state index in [-0.39, 0.29) is 18.4 Å². The number of rotatable bonds is 12. The molecule has 2 rings (SSSR count). The van der Waals surface area contributed by atoms with Gasteiger partial charge >= 0.3 is 0 Å². The highest BCUT2D eigenvalue weighted by Gasteiger charge is 2.23. The lowest BCUT2D eigenvalue weighted by atomic mass is 10.1. The molecule has 9 heteroatoms. The van der Waals surface area contributed by atoms with Crippen LogP contribution in [0.2, 0.25) is 0 Å². The van der Waals surface area contributed by atoms with Gasteiger partial charge in [0.25, 0.3) is 0 Å². The normalized spacial score (nSPS) is 16.2. The van der Waals surface area contributed by atoms with E-state index in [0.29, 0.717) is 43.5 Å². The van der Waals surface area contributed by atoms with Crippen LogP contribution in [-0.4, -0.2) is 100 Å². The average molecular weight is 482 g/mol. The summed E-state index contributed by atoms with van der Waals surface area (Å²) in [6, 6.07) is 7.48. The van der Waals surface area contributed by atoms with Gasteiger partial charge in [-0.3, -0.25) is 9.59 Å². The minimum Gasteiger partial charge on any atom is -0.375 e. The fourth-order valence-electron chi connectivity index (χ4n) is 4.22. The van der Waals surface area contributed by atoms with Crippen LogP contribution in [0.25, 0.3) is 0 Å². The van der Waals surface area contributed by atoms with Crippen LogP contribution in [0.1, 0.15) is 38.7 Å². The Balaban J connectivity index is 1.77. The zero-order chi connectivity index (χ0) is 24.4. The minimum absolute atomic E-state index is 0.0566. The number of hydrogen-bond acceptors (Lipinski definition) is 6. The van der Waals surface area contributed by atoms with E-state index >= 15 is 0 Å². The summed E-state index contributed by atoms with van der Waals surface area (Å²) in [7, 11) is -1.67. The van der Waals surface area contributed by atoms with Gasteiger partial charge in [0, 0.05) is 52.0 Å².